The molecule has 0 bridgehead atoms. The van der Waals surface area contributed by atoms with Gasteiger partial charge in [-0.05, 0) is 25.2 Å². The molecule has 0 radical (unpaired) electrons. The highest BCUT2D eigenvalue weighted by Gasteiger charge is 2.25. The Balaban J connectivity index is 1.86. The summed E-state index contributed by atoms with van der Waals surface area (Å²) in [4.78, 5) is 6.55. The molecule has 100 valence electrons. The lowest BCUT2D eigenvalue weighted by molar-refractivity contribution is 0.190. The summed E-state index contributed by atoms with van der Waals surface area (Å²) in [5, 5.41) is 7.30. The summed E-state index contributed by atoms with van der Waals surface area (Å²) in [5.74, 6) is 0.677. The summed E-state index contributed by atoms with van der Waals surface area (Å²) in [6.45, 7) is 2.69. The Morgan fingerprint density at radius 2 is 2.37 bits per heavy atom. The summed E-state index contributed by atoms with van der Waals surface area (Å²) < 4.78 is 18.4. The first kappa shape index (κ1) is 12.3. The van der Waals surface area contributed by atoms with E-state index < -0.39 is 0 Å². The lowest BCUT2D eigenvalue weighted by Gasteiger charge is -2.30. The first-order valence-corrected chi connectivity index (χ1v) is 6.24. The number of halogens is 1. The highest BCUT2D eigenvalue weighted by molar-refractivity contribution is 5.52. The Labute approximate surface area is 110 Å². The second-order valence-electron chi connectivity index (χ2n) is 4.67. The number of nitrogens with zero attached hydrogens (tertiary/aromatic N) is 3. The van der Waals surface area contributed by atoms with Crippen LogP contribution in [-0.2, 0) is 0 Å². The number of rotatable bonds is 2. The molecule has 0 spiro atoms. The van der Waals surface area contributed by atoms with Crippen LogP contribution in [0.2, 0.25) is 0 Å². The molecule has 1 atom stereocenters. The molecular formula is C13H15FN4O. The Morgan fingerprint density at radius 3 is 3.16 bits per heavy atom. The number of benzene rings is 1. The van der Waals surface area contributed by atoms with Crippen molar-refractivity contribution >= 4 is 0 Å². The fourth-order valence-corrected chi connectivity index (χ4v) is 2.20. The smallest absolute Gasteiger partial charge is 0.258 e. The monoisotopic (exact) mass is 262 g/mol. The van der Waals surface area contributed by atoms with Gasteiger partial charge in [-0.1, -0.05) is 11.2 Å². The Kier molecular flexibility index (Phi) is 3.27. The maximum Gasteiger partial charge on any atom is 0.258 e. The minimum Gasteiger partial charge on any atom is -0.334 e. The van der Waals surface area contributed by atoms with Gasteiger partial charge in [0.05, 0.1) is 6.04 Å². The molecule has 0 saturated carbocycles. The number of likely N-dealkylation sites (N-methyl/N-ethyl adjacent to an activating group) is 1. The van der Waals surface area contributed by atoms with Crippen LogP contribution in [0.25, 0.3) is 11.5 Å². The summed E-state index contributed by atoms with van der Waals surface area (Å²) in [6, 6.07) is 6.26. The fraction of sp³-hybridized carbons (Fsp3) is 0.385. The van der Waals surface area contributed by atoms with E-state index in [2.05, 4.69) is 20.4 Å². The van der Waals surface area contributed by atoms with Crippen molar-refractivity contribution in [3.8, 4) is 11.5 Å². The molecule has 6 heteroatoms. The quantitative estimate of drug-likeness (QED) is 0.887. The average Bonchev–Trinajstić information content (AvgIpc) is 2.89. The molecule has 0 aliphatic carbocycles. The van der Waals surface area contributed by atoms with Gasteiger partial charge in [-0.3, -0.25) is 4.90 Å². The molecule has 1 saturated heterocycles. The normalized spacial score (nSPS) is 20.6. The average molecular weight is 262 g/mol. The third-order valence-corrected chi connectivity index (χ3v) is 3.32. The van der Waals surface area contributed by atoms with Crippen LogP contribution in [-0.4, -0.2) is 41.7 Å². The topological polar surface area (TPSA) is 54.2 Å². The van der Waals surface area contributed by atoms with Crippen molar-refractivity contribution in [3.63, 3.8) is 0 Å². The van der Waals surface area contributed by atoms with Gasteiger partial charge in [0.1, 0.15) is 5.82 Å². The lowest BCUT2D eigenvalue weighted by atomic mass is 10.2. The van der Waals surface area contributed by atoms with Gasteiger partial charge in [0.25, 0.3) is 5.89 Å². The van der Waals surface area contributed by atoms with Gasteiger partial charge in [-0.25, -0.2) is 4.39 Å². The van der Waals surface area contributed by atoms with E-state index in [4.69, 9.17) is 4.52 Å². The van der Waals surface area contributed by atoms with Crippen molar-refractivity contribution in [2.24, 2.45) is 0 Å². The fourth-order valence-electron chi connectivity index (χ4n) is 2.20. The Bertz CT molecular complexity index is 571. The number of aromatic nitrogens is 2. The minimum atomic E-state index is -0.311. The highest BCUT2D eigenvalue weighted by Crippen LogP contribution is 2.22. The Morgan fingerprint density at radius 1 is 1.47 bits per heavy atom. The molecule has 5 nitrogen and oxygen atoms in total. The van der Waals surface area contributed by atoms with E-state index in [0.29, 0.717) is 17.3 Å². The van der Waals surface area contributed by atoms with Crippen LogP contribution in [0.3, 0.4) is 0 Å². The second kappa shape index (κ2) is 5.07. The van der Waals surface area contributed by atoms with E-state index in [1.807, 2.05) is 7.05 Å². The van der Waals surface area contributed by atoms with Crippen molar-refractivity contribution in [2.45, 2.75) is 6.04 Å². The minimum absolute atomic E-state index is 0.0970. The predicted molar refractivity (Wildman–Crippen MR) is 67.9 cm³/mol. The van der Waals surface area contributed by atoms with Crippen LogP contribution in [0.15, 0.2) is 28.8 Å². The SMILES string of the molecule is CN1CCNCC1c1noc(-c2cccc(F)c2)n1. The molecule has 1 unspecified atom stereocenters. The van der Waals surface area contributed by atoms with Crippen molar-refractivity contribution in [1.82, 2.24) is 20.4 Å². The van der Waals surface area contributed by atoms with E-state index >= 15 is 0 Å². The van der Waals surface area contributed by atoms with E-state index in [9.17, 15) is 4.39 Å². The van der Waals surface area contributed by atoms with E-state index in [0.717, 1.165) is 19.6 Å². The standard InChI is InChI=1S/C13H15FN4O/c1-18-6-5-15-8-11(18)12-16-13(19-17-12)9-3-2-4-10(14)7-9/h2-4,7,11,15H,5-6,8H2,1H3. The molecule has 1 aromatic carbocycles. The molecule has 2 aromatic rings. The van der Waals surface area contributed by atoms with Crippen LogP contribution in [0.4, 0.5) is 4.39 Å². The maximum absolute atomic E-state index is 13.2. The molecule has 19 heavy (non-hydrogen) atoms. The molecule has 3 rings (SSSR count). The maximum atomic E-state index is 13.2. The first-order chi connectivity index (χ1) is 9.24. The van der Waals surface area contributed by atoms with Crippen molar-refractivity contribution in [3.05, 3.63) is 35.9 Å². The highest BCUT2D eigenvalue weighted by atomic mass is 19.1. The van der Waals surface area contributed by atoms with Gasteiger partial charge in [0, 0.05) is 25.2 Å². The van der Waals surface area contributed by atoms with Crippen molar-refractivity contribution in [2.75, 3.05) is 26.7 Å². The predicted octanol–water partition coefficient (Wildman–Crippen LogP) is 1.45. The zero-order valence-corrected chi connectivity index (χ0v) is 10.6. The van der Waals surface area contributed by atoms with E-state index in [-0.39, 0.29) is 11.9 Å². The van der Waals surface area contributed by atoms with Crippen molar-refractivity contribution < 1.29 is 8.91 Å². The van der Waals surface area contributed by atoms with Crippen molar-refractivity contribution in [1.29, 1.82) is 0 Å². The Hall–Kier alpha value is -1.79. The third kappa shape index (κ3) is 2.50. The van der Waals surface area contributed by atoms with Crippen LogP contribution in [0, 0.1) is 5.82 Å². The molecular weight excluding hydrogens is 247 g/mol. The summed E-state index contributed by atoms with van der Waals surface area (Å²) in [5.41, 5.74) is 0.602. The largest absolute Gasteiger partial charge is 0.334 e. The van der Waals surface area contributed by atoms with Gasteiger partial charge in [0.2, 0.25) is 0 Å². The molecule has 1 N–H and O–H groups in total. The van der Waals surface area contributed by atoms with Gasteiger partial charge < -0.3 is 9.84 Å². The first-order valence-electron chi connectivity index (χ1n) is 6.24. The van der Waals surface area contributed by atoms with Crippen LogP contribution >= 0.6 is 0 Å². The summed E-state index contributed by atoms with van der Waals surface area (Å²) in [6.07, 6.45) is 0. The number of piperazine rings is 1. The van der Waals surface area contributed by atoms with E-state index in [1.165, 1.54) is 12.1 Å². The molecule has 0 amide bonds. The van der Waals surface area contributed by atoms with E-state index in [1.54, 1.807) is 12.1 Å². The third-order valence-electron chi connectivity index (χ3n) is 3.32. The van der Waals surface area contributed by atoms with Crippen LogP contribution in [0.1, 0.15) is 11.9 Å². The van der Waals surface area contributed by atoms with Gasteiger partial charge in [0.15, 0.2) is 5.82 Å². The molecule has 1 aromatic heterocycles. The van der Waals surface area contributed by atoms with Gasteiger partial charge in [-0.2, -0.15) is 4.98 Å². The zero-order valence-electron chi connectivity index (χ0n) is 10.6. The summed E-state index contributed by atoms with van der Waals surface area (Å²) in [7, 11) is 2.03. The molecule has 1 aliphatic rings. The molecule has 2 heterocycles. The van der Waals surface area contributed by atoms with Crippen LogP contribution < -0.4 is 5.32 Å². The number of hydrogen-bond acceptors (Lipinski definition) is 5. The number of hydrogen-bond donors (Lipinski definition) is 1. The molecule has 1 fully saturated rings. The molecule has 1 aliphatic heterocycles. The van der Waals surface area contributed by atoms with Gasteiger partial charge >= 0.3 is 0 Å². The second-order valence-corrected chi connectivity index (χ2v) is 4.67. The lowest BCUT2D eigenvalue weighted by Crippen LogP contribution is -2.44. The summed E-state index contributed by atoms with van der Waals surface area (Å²) >= 11 is 0. The zero-order chi connectivity index (χ0) is 13.2. The number of nitrogens with one attached hydrogen (secondary N) is 1. The van der Waals surface area contributed by atoms with Crippen LogP contribution in [0.5, 0.6) is 0 Å². The van der Waals surface area contributed by atoms with Gasteiger partial charge in [-0.15, -0.1) is 0 Å².